The maximum absolute atomic E-state index is 13.3. The first kappa shape index (κ1) is 15.1. The number of aliphatic hydroxyl groups excluding tert-OH is 1. The van der Waals surface area contributed by atoms with Gasteiger partial charge in [-0.2, -0.15) is 18.3 Å². The fourth-order valence-electron chi connectivity index (χ4n) is 1.91. The summed E-state index contributed by atoms with van der Waals surface area (Å²) < 4.78 is 40.8. The molecule has 21 heavy (non-hydrogen) atoms. The molecule has 1 aromatic heterocycles. The van der Waals surface area contributed by atoms with Crippen molar-refractivity contribution >= 4 is 5.70 Å². The van der Waals surface area contributed by atoms with E-state index in [9.17, 15) is 13.2 Å². The van der Waals surface area contributed by atoms with E-state index in [1.807, 2.05) is 0 Å². The Hall–Kier alpha value is -2.28. The zero-order valence-electron chi connectivity index (χ0n) is 11.1. The molecule has 0 amide bonds. The van der Waals surface area contributed by atoms with Gasteiger partial charge in [-0.05, 0) is 12.1 Å². The van der Waals surface area contributed by atoms with Crippen molar-refractivity contribution in [2.75, 3.05) is 13.2 Å². The number of rotatable bonds is 5. The molecule has 0 bridgehead atoms. The molecule has 0 fully saturated rings. The molecule has 0 radical (unpaired) electrons. The van der Waals surface area contributed by atoms with Gasteiger partial charge < -0.3 is 10.4 Å². The average Bonchev–Trinajstić information content (AvgIpc) is 2.90. The lowest BCUT2D eigenvalue weighted by Gasteiger charge is -2.14. The number of nitrogens with zero attached hydrogens (tertiary/aromatic N) is 2. The van der Waals surface area contributed by atoms with Crippen LogP contribution in [0.1, 0.15) is 11.3 Å². The minimum atomic E-state index is -4.58. The molecule has 2 aromatic rings. The zero-order chi connectivity index (χ0) is 15.5. The van der Waals surface area contributed by atoms with Crippen LogP contribution in [0.4, 0.5) is 13.2 Å². The molecule has 4 nitrogen and oxygen atoms in total. The Kier molecular flexibility index (Phi) is 4.32. The Labute approximate surface area is 119 Å². The van der Waals surface area contributed by atoms with Crippen LogP contribution in [0.25, 0.3) is 11.4 Å². The summed E-state index contributed by atoms with van der Waals surface area (Å²) in [5, 5.41) is 15.2. The summed E-state index contributed by atoms with van der Waals surface area (Å²) in [5.41, 5.74) is -0.659. The van der Waals surface area contributed by atoms with Crippen molar-refractivity contribution in [1.29, 1.82) is 0 Å². The minimum absolute atomic E-state index is 0.0681. The Bertz CT molecular complexity index is 620. The van der Waals surface area contributed by atoms with Crippen molar-refractivity contribution in [1.82, 2.24) is 15.1 Å². The molecule has 0 aliphatic rings. The molecule has 0 spiro atoms. The molecule has 1 heterocycles. The zero-order valence-corrected chi connectivity index (χ0v) is 11.1. The highest BCUT2D eigenvalue weighted by Gasteiger charge is 2.39. The molecule has 1 aromatic carbocycles. The number of hydrogen-bond acceptors (Lipinski definition) is 3. The van der Waals surface area contributed by atoms with Gasteiger partial charge in [-0.15, -0.1) is 0 Å². The molecule has 7 heteroatoms. The molecule has 0 atom stereocenters. The van der Waals surface area contributed by atoms with E-state index >= 15 is 0 Å². The maximum Gasteiger partial charge on any atom is 0.434 e. The summed E-state index contributed by atoms with van der Waals surface area (Å²) >= 11 is 0. The highest BCUT2D eigenvalue weighted by atomic mass is 19.4. The van der Waals surface area contributed by atoms with Crippen LogP contribution in [0.5, 0.6) is 0 Å². The minimum Gasteiger partial charge on any atom is -0.395 e. The maximum atomic E-state index is 13.3. The van der Waals surface area contributed by atoms with Gasteiger partial charge in [0, 0.05) is 17.8 Å². The summed E-state index contributed by atoms with van der Waals surface area (Å²) in [6.07, 6.45) is -3.46. The predicted octanol–water partition coefficient (Wildman–Crippen LogP) is 2.44. The lowest BCUT2D eigenvalue weighted by molar-refractivity contribution is -0.143. The van der Waals surface area contributed by atoms with E-state index < -0.39 is 11.9 Å². The number of benzene rings is 1. The van der Waals surface area contributed by atoms with Crippen LogP contribution in [0.2, 0.25) is 0 Å². The second kappa shape index (κ2) is 6.01. The standard InChI is InChI=1S/C14H14F3N3O/c1-10(18-7-8-21)12-9-19-20(13(12)14(15,16)17)11-5-3-2-4-6-11/h2-6,9,18,21H,1,7-8H2. The van der Waals surface area contributed by atoms with Crippen LogP contribution >= 0.6 is 0 Å². The van der Waals surface area contributed by atoms with Crippen molar-refractivity contribution < 1.29 is 18.3 Å². The smallest absolute Gasteiger partial charge is 0.395 e. The number of halogens is 3. The van der Waals surface area contributed by atoms with E-state index in [0.29, 0.717) is 5.69 Å². The van der Waals surface area contributed by atoms with E-state index in [2.05, 4.69) is 17.0 Å². The van der Waals surface area contributed by atoms with Crippen LogP contribution in [0.3, 0.4) is 0 Å². The summed E-state index contributed by atoms with van der Waals surface area (Å²) in [4.78, 5) is 0. The normalized spacial score (nSPS) is 11.4. The van der Waals surface area contributed by atoms with Gasteiger partial charge in [-0.3, -0.25) is 0 Å². The summed E-state index contributed by atoms with van der Waals surface area (Å²) in [5.74, 6) is 0. The second-order valence-electron chi connectivity index (χ2n) is 4.28. The Morgan fingerprint density at radius 2 is 1.95 bits per heavy atom. The van der Waals surface area contributed by atoms with Crippen molar-refractivity contribution in [2.24, 2.45) is 0 Å². The van der Waals surface area contributed by atoms with E-state index in [1.54, 1.807) is 18.2 Å². The number of alkyl halides is 3. The monoisotopic (exact) mass is 297 g/mol. The number of aromatic nitrogens is 2. The van der Waals surface area contributed by atoms with Gasteiger partial charge in [0.15, 0.2) is 5.69 Å². The van der Waals surface area contributed by atoms with Gasteiger partial charge >= 0.3 is 6.18 Å². The SMILES string of the molecule is C=C(NCCO)c1cnn(-c2ccccc2)c1C(F)(F)F. The van der Waals surface area contributed by atoms with Gasteiger partial charge in [0.1, 0.15) is 0 Å². The van der Waals surface area contributed by atoms with Crippen molar-refractivity contribution in [2.45, 2.75) is 6.18 Å². The van der Waals surface area contributed by atoms with Gasteiger partial charge in [0.25, 0.3) is 0 Å². The number of hydrogen-bond donors (Lipinski definition) is 2. The largest absolute Gasteiger partial charge is 0.434 e. The van der Waals surface area contributed by atoms with Crippen LogP contribution in [-0.4, -0.2) is 28.0 Å². The Balaban J connectivity index is 2.49. The van der Waals surface area contributed by atoms with Gasteiger partial charge in [-0.1, -0.05) is 24.8 Å². The molecular weight excluding hydrogens is 283 g/mol. The van der Waals surface area contributed by atoms with Crippen LogP contribution < -0.4 is 5.32 Å². The number of para-hydroxylation sites is 1. The van der Waals surface area contributed by atoms with E-state index in [0.717, 1.165) is 10.9 Å². The van der Waals surface area contributed by atoms with E-state index in [1.165, 1.54) is 12.1 Å². The quantitative estimate of drug-likeness (QED) is 0.891. The molecule has 0 aliphatic carbocycles. The fourth-order valence-corrected chi connectivity index (χ4v) is 1.91. The molecular formula is C14H14F3N3O. The number of aliphatic hydroxyl groups is 1. The van der Waals surface area contributed by atoms with Gasteiger partial charge in [0.2, 0.25) is 0 Å². The second-order valence-corrected chi connectivity index (χ2v) is 4.28. The van der Waals surface area contributed by atoms with Gasteiger partial charge in [0.05, 0.1) is 18.5 Å². The molecule has 2 rings (SSSR count). The van der Waals surface area contributed by atoms with Gasteiger partial charge in [-0.25, -0.2) is 4.68 Å². The Morgan fingerprint density at radius 3 is 2.52 bits per heavy atom. The molecule has 112 valence electrons. The topological polar surface area (TPSA) is 50.1 Å². The summed E-state index contributed by atoms with van der Waals surface area (Å²) in [7, 11) is 0. The van der Waals surface area contributed by atoms with E-state index in [4.69, 9.17) is 5.11 Å². The Morgan fingerprint density at radius 1 is 1.29 bits per heavy atom. The molecule has 2 N–H and O–H groups in total. The fraction of sp³-hybridized carbons (Fsp3) is 0.214. The van der Waals surface area contributed by atoms with Crippen LogP contribution in [-0.2, 0) is 6.18 Å². The summed E-state index contributed by atoms with van der Waals surface area (Å²) in [6.45, 7) is 3.48. The van der Waals surface area contributed by atoms with Crippen LogP contribution in [0.15, 0.2) is 43.1 Å². The molecule has 0 saturated heterocycles. The molecule has 0 unspecified atom stereocenters. The van der Waals surface area contributed by atoms with Crippen LogP contribution in [0, 0.1) is 0 Å². The van der Waals surface area contributed by atoms with E-state index in [-0.39, 0.29) is 24.4 Å². The lowest BCUT2D eigenvalue weighted by Crippen LogP contribution is -2.20. The lowest BCUT2D eigenvalue weighted by atomic mass is 10.2. The highest BCUT2D eigenvalue weighted by molar-refractivity contribution is 5.64. The molecule has 0 aliphatic heterocycles. The van der Waals surface area contributed by atoms with Crippen molar-refractivity contribution in [3.05, 3.63) is 54.4 Å². The number of nitrogens with one attached hydrogen (secondary N) is 1. The third-order valence-corrected chi connectivity index (χ3v) is 2.81. The highest BCUT2D eigenvalue weighted by Crippen LogP contribution is 2.35. The summed E-state index contributed by atoms with van der Waals surface area (Å²) in [6, 6.07) is 8.06. The first-order valence-electron chi connectivity index (χ1n) is 6.20. The third kappa shape index (κ3) is 3.25. The average molecular weight is 297 g/mol. The first-order chi connectivity index (χ1) is 9.95. The van der Waals surface area contributed by atoms with Crippen molar-refractivity contribution in [3.8, 4) is 5.69 Å². The first-order valence-corrected chi connectivity index (χ1v) is 6.20. The third-order valence-electron chi connectivity index (χ3n) is 2.81. The molecule has 0 saturated carbocycles. The van der Waals surface area contributed by atoms with Crippen molar-refractivity contribution in [3.63, 3.8) is 0 Å². The predicted molar refractivity (Wildman–Crippen MR) is 72.7 cm³/mol.